The highest BCUT2D eigenvalue weighted by Crippen LogP contribution is 2.27. The van der Waals surface area contributed by atoms with Gasteiger partial charge in [-0.3, -0.25) is 9.78 Å². The minimum atomic E-state index is -0.0519. The zero-order valence-corrected chi connectivity index (χ0v) is 14.5. The molecule has 0 aliphatic carbocycles. The fourth-order valence-corrected chi connectivity index (χ4v) is 3.54. The summed E-state index contributed by atoms with van der Waals surface area (Å²) in [6.45, 7) is 2.22. The van der Waals surface area contributed by atoms with E-state index >= 15 is 0 Å². The first-order chi connectivity index (χ1) is 12.8. The summed E-state index contributed by atoms with van der Waals surface area (Å²) >= 11 is 0. The van der Waals surface area contributed by atoms with Crippen molar-refractivity contribution in [1.82, 2.24) is 24.4 Å². The summed E-state index contributed by atoms with van der Waals surface area (Å²) in [5.41, 5.74) is 1.65. The number of nitrogens with zero attached hydrogens (tertiary/aromatic N) is 5. The van der Waals surface area contributed by atoms with E-state index in [0.29, 0.717) is 12.2 Å². The predicted molar refractivity (Wildman–Crippen MR) is 97.7 cm³/mol. The Morgan fingerprint density at radius 1 is 1.12 bits per heavy atom. The molecule has 0 radical (unpaired) electrons. The van der Waals surface area contributed by atoms with Crippen LogP contribution in [0.2, 0.25) is 0 Å². The van der Waals surface area contributed by atoms with Gasteiger partial charge in [0.05, 0.1) is 6.20 Å². The average molecular weight is 347 g/mol. The molecule has 1 atom stereocenters. The molecule has 1 amide bonds. The van der Waals surface area contributed by atoms with Crippen LogP contribution in [0, 0.1) is 0 Å². The first-order valence-corrected chi connectivity index (χ1v) is 8.91. The van der Waals surface area contributed by atoms with E-state index in [1.807, 2.05) is 35.5 Å². The molecule has 26 heavy (non-hydrogen) atoms. The van der Waals surface area contributed by atoms with E-state index in [0.717, 1.165) is 31.8 Å². The fourth-order valence-electron chi connectivity index (χ4n) is 3.54. The van der Waals surface area contributed by atoms with E-state index in [-0.39, 0.29) is 11.8 Å². The molecule has 3 heterocycles. The highest BCUT2D eigenvalue weighted by Gasteiger charge is 2.28. The maximum Gasteiger partial charge on any atom is 0.274 e. The zero-order valence-electron chi connectivity index (χ0n) is 14.5. The van der Waals surface area contributed by atoms with Crippen LogP contribution >= 0.6 is 0 Å². The van der Waals surface area contributed by atoms with Gasteiger partial charge in [0.2, 0.25) is 0 Å². The number of amides is 1. The summed E-state index contributed by atoms with van der Waals surface area (Å²) in [7, 11) is 0. The predicted octanol–water partition coefficient (Wildman–Crippen LogP) is 2.74. The number of imidazole rings is 1. The third-order valence-electron chi connectivity index (χ3n) is 4.80. The molecule has 0 bridgehead atoms. The first kappa shape index (κ1) is 16.4. The van der Waals surface area contributed by atoms with E-state index in [2.05, 4.69) is 31.7 Å². The number of benzene rings is 1. The molecule has 1 fully saturated rings. The summed E-state index contributed by atoms with van der Waals surface area (Å²) in [5.74, 6) is 1.23. The van der Waals surface area contributed by atoms with E-state index < -0.39 is 0 Å². The molecule has 0 spiro atoms. The molecule has 132 valence electrons. The summed E-state index contributed by atoms with van der Waals surface area (Å²) in [6.07, 6.45) is 10.5. The maximum atomic E-state index is 12.7. The van der Waals surface area contributed by atoms with Gasteiger partial charge in [-0.15, -0.1) is 0 Å². The third kappa shape index (κ3) is 3.49. The fraction of sp³-hybridized carbons (Fsp3) is 0.300. The molecule has 0 N–H and O–H groups in total. The van der Waals surface area contributed by atoms with Crippen LogP contribution < -0.4 is 0 Å². The minimum Gasteiger partial charge on any atom is -0.337 e. The highest BCUT2D eigenvalue weighted by atomic mass is 16.2. The number of carbonyl (C=O) groups is 1. The lowest BCUT2D eigenvalue weighted by atomic mass is 9.96. The lowest BCUT2D eigenvalue weighted by Gasteiger charge is -2.32. The molecule has 1 saturated heterocycles. The lowest BCUT2D eigenvalue weighted by molar-refractivity contribution is 0.0697. The topological polar surface area (TPSA) is 63.9 Å². The maximum absolute atomic E-state index is 12.7. The number of rotatable bonds is 4. The van der Waals surface area contributed by atoms with Crippen molar-refractivity contribution in [3.63, 3.8) is 0 Å². The van der Waals surface area contributed by atoms with Crippen LogP contribution in [0.1, 0.15) is 40.6 Å². The molecular weight excluding hydrogens is 326 g/mol. The molecule has 4 rings (SSSR count). The Morgan fingerprint density at radius 2 is 2.00 bits per heavy atom. The van der Waals surface area contributed by atoms with Crippen molar-refractivity contribution in [3.8, 4) is 0 Å². The Labute approximate surface area is 152 Å². The molecule has 1 aliphatic heterocycles. The van der Waals surface area contributed by atoms with E-state index in [1.54, 1.807) is 12.4 Å². The van der Waals surface area contributed by atoms with Gasteiger partial charge in [0.1, 0.15) is 11.5 Å². The van der Waals surface area contributed by atoms with Gasteiger partial charge in [0.25, 0.3) is 5.91 Å². The van der Waals surface area contributed by atoms with Crippen molar-refractivity contribution in [2.75, 3.05) is 13.1 Å². The molecule has 6 heteroatoms. The van der Waals surface area contributed by atoms with Gasteiger partial charge >= 0.3 is 0 Å². The van der Waals surface area contributed by atoms with Crippen molar-refractivity contribution in [3.05, 3.63) is 78.4 Å². The van der Waals surface area contributed by atoms with Crippen molar-refractivity contribution in [2.45, 2.75) is 25.3 Å². The normalized spacial score (nSPS) is 17.2. The van der Waals surface area contributed by atoms with Crippen LogP contribution in [-0.2, 0) is 6.54 Å². The first-order valence-electron chi connectivity index (χ1n) is 8.91. The summed E-state index contributed by atoms with van der Waals surface area (Å²) in [4.78, 5) is 27.3. The second-order valence-corrected chi connectivity index (χ2v) is 6.58. The Kier molecular flexibility index (Phi) is 4.73. The molecule has 6 nitrogen and oxygen atoms in total. The molecule has 1 aromatic carbocycles. The number of hydrogen-bond acceptors (Lipinski definition) is 4. The number of carbonyl (C=O) groups excluding carboxylic acids is 1. The summed E-state index contributed by atoms with van der Waals surface area (Å²) < 4.78 is 2.19. The SMILES string of the molecule is O=C(c1cnccn1)N1CCC[C@@H](c2nccn2Cc2ccccc2)C1. The Morgan fingerprint density at radius 3 is 2.81 bits per heavy atom. The van der Waals surface area contributed by atoms with Crippen LogP contribution in [0.4, 0.5) is 0 Å². The van der Waals surface area contributed by atoms with Gasteiger partial charge in [0.15, 0.2) is 0 Å². The Balaban J connectivity index is 1.50. The van der Waals surface area contributed by atoms with Gasteiger partial charge in [0, 0.05) is 50.3 Å². The van der Waals surface area contributed by atoms with Crippen LogP contribution in [0.15, 0.2) is 61.3 Å². The standard InChI is InChI=1S/C20H21N5O/c26-20(18-13-21-8-9-22-18)25-11-4-7-17(15-25)19-23-10-12-24(19)14-16-5-2-1-3-6-16/h1-3,5-6,8-10,12-13,17H,4,7,11,14-15H2/t17-/m1/s1. The van der Waals surface area contributed by atoms with Crippen molar-refractivity contribution in [2.24, 2.45) is 0 Å². The van der Waals surface area contributed by atoms with Crippen LogP contribution in [0.5, 0.6) is 0 Å². The molecule has 3 aromatic rings. The smallest absolute Gasteiger partial charge is 0.274 e. The largest absolute Gasteiger partial charge is 0.337 e. The van der Waals surface area contributed by atoms with Gasteiger partial charge in [-0.1, -0.05) is 30.3 Å². The Hall–Kier alpha value is -3.02. The number of aromatic nitrogens is 4. The zero-order chi connectivity index (χ0) is 17.8. The quantitative estimate of drug-likeness (QED) is 0.728. The molecule has 2 aromatic heterocycles. The monoisotopic (exact) mass is 347 g/mol. The van der Waals surface area contributed by atoms with Gasteiger partial charge in [-0.2, -0.15) is 0 Å². The van der Waals surface area contributed by atoms with Crippen LogP contribution in [-0.4, -0.2) is 43.4 Å². The van der Waals surface area contributed by atoms with Crippen molar-refractivity contribution < 1.29 is 4.79 Å². The van der Waals surface area contributed by atoms with Crippen LogP contribution in [0.3, 0.4) is 0 Å². The number of hydrogen-bond donors (Lipinski definition) is 0. The van der Waals surface area contributed by atoms with Gasteiger partial charge < -0.3 is 9.47 Å². The van der Waals surface area contributed by atoms with E-state index in [9.17, 15) is 4.79 Å². The van der Waals surface area contributed by atoms with Gasteiger partial charge in [-0.05, 0) is 18.4 Å². The lowest BCUT2D eigenvalue weighted by Crippen LogP contribution is -2.40. The second-order valence-electron chi connectivity index (χ2n) is 6.58. The summed E-state index contributed by atoms with van der Waals surface area (Å²) in [6, 6.07) is 10.4. The van der Waals surface area contributed by atoms with E-state index in [4.69, 9.17) is 0 Å². The third-order valence-corrected chi connectivity index (χ3v) is 4.80. The summed E-state index contributed by atoms with van der Waals surface area (Å²) in [5, 5.41) is 0. The highest BCUT2D eigenvalue weighted by molar-refractivity contribution is 5.92. The van der Waals surface area contributed by atoms with Crippen LogP contribution in [0.25, 0.3) is 0 Å². The van der Waals surface area contributed by atoms with E-state index in [1.165, 1.54) is 11.8 Å². The number of piperidine rings is 1. The average Bonchev–Trinajstić information content (AvgIpc) is 3.17. The minimum absolute atomic E-state index is 0.0519. The molecule has 0 saturated carbocycles. The molecule has 1 aliphatic rings. The number of likely N-dealkylation sites (tertiary alicyclic amines) is 1. The Bertz CT molecular complexity index is 862. The van der Waals surface area contributed by atoms with Crippen molar-refractivity contribution in [1.29, 1.82) is 0 Å². The second kappa shape index (κ2) is 7.47. The molecular formula is C20H21N5O. The van der Waals surface area contributed by atoms with Crippen molar-refractivity contribution >= 4 is 5.91 Å². The molecule has 0 unspecified atom stereocenters. The van der Waals surface area contributed by atoms with Gasteiger partial charge in [-0.25, -0.2) is 9.97 Å².